The van der Waals surface area contributed by atoms with E-state index in [1.807, 2.05) is 6.07 Å². The highest BCUT2D eigenvalue weighted by atomic mass is 79.9. The number of nitrogens with zero attached hydrogens (tertiary/aromatic N) is 3. The van der Waals surface area contributed by atoms with Gasteiger partial charge in [0.15, 0.2) is 0 Å². The summed E-state index contributed by atoms with van der Waals surface area (Å²) in [6.07, 6.45) is 4.30. The van der Waals surface area contributed by atoms with Gasteiger partial charge in [-0.3, -0.25) is 4.90 Å². The van der Waals surface area contributed by atoms with Gasteiger partial charge < -0.3 is 14.4 Å². The van der Waals surface area contributed by atoms with Crippen LogP contribution < -0.4 is 9.64 Å². The monoisotopic (exact) mass is 729 g/mol. The van der Waals surface area contributed by atoms with Crippen molar-refractivity contribution in [1.29, 1.82) is 0 Å². The van der Waals surface area contributed by atoms with Crippen LogP contribution in [0.3, 0.4) is 0 Å². The average Bonchev–Trinajstić information content (AvgIpc) is 3.62. The third kappa shape index (κ3) is 5.95. The van der Waals surface area contributed by atoms with Crippen LogP contribution in [0.2, 0.25) is 5.02 Å². The zero-order valence-electron chi connectivity index (χ0n) is 27.4. The SMILES string of the molecule is C[C@H]1CC[C@]2(Cc3nc(OC[C@@]45CCCN4C[C@H](F)C5)cc(Cl)c3CO2)c2c1ccc(N(Cc1ccccc1)Cc1ccccc1)c2Br. The van der Waals surface area contributed by atoms with E-state index in [0.29, 0.717) is 49.4 Å². The van der Waals surface area contributed by atoms with E-state index in [4.69, 9.17) is 26.1 Å². The van der Waals surface area contributed by atoms with Crippen LogP contribution in [0.25, 0.3) is 0 Å². The molecule has 1 spiro atoms. The van der Waals surface area contributed by atoms with Gasteiger partial charge in [-0.15, -0.1) is 0 Å². The molecule has 4 aromatic rings. The van der Waals surface area contributed by atoms with Gasteiger partial charge in [-0.05, 0) is 76.8 Å². The molecule has 4 aliphatic rings. The van der Waals surface area contributed by atoms with Gasteiger partial charge in [0.2, 0.25) is 5.88 Å². The number of rotatable bonds is 8. The summed E-state index contributed by atoms with van der Waals surface area (Å²) in [6.45, 7) is 6.14. The average molecular weight is 731 g/mol. The summed E-state index contributed by atoms with van der Waals surface area (Å²) < 4.78 is 28.8. The fourth-order valence-corrected chi connectivity index (χ4v) is 9.94. The van der Waals surface area contributed by atoms with Crippen molar-refractivity contribution in [3.63, 3.8) is 0 Å². The normalized spacial score (nSPS) is 26.2. The molecule has 2 saturated heterocycles. The third-order valence-corrected chi connectivity index (χ3v) is 12.4. The number of halogens is 3. The number of aromatic nitrogens is 1. The number of ether oxygens (including phenoxy) is 2. The summed E-state index contributed by atoms with van der Waals surface area (Å²) >= 11 is 11.1. The lowest BCUT2D eigenvalue weighted by Gasteiger charge is -2.45. The molecule has 1 aromatic heterocycles. The second-order valence-electron chi connectivity index (χ2n) is 14.3. The van der Waals surface area contributed by atoms with Crippen LogP contribution in [-0.2, 0) is 36.5 Å². The second kappa shape index (κ2) is 13.1. The number of fused-ring (bicyclic) bond motifs is 4. The summed E-state index contributed by atoms with van der Waals surface area (Å²) in [5.41, 5.74) is 7.29. The largest absolute Gasteiger partial charge is 0.476 e. The molecule has 0 saturated carbocycles. The highest BCUT2D eigenvalue weighted by Gasteiger charge is 2.50. The first-order valence-corrected chi connectivity index (χ1v) is 18.5. The van der Waals surface area contributed by atoms with Gasteiger partial charge in [-0.1, -0.05) is 85.3 Å². The molecule has 4 heterocycles. The molecule has 5 nitrogen and oxygen atoms in total. The van der Waals surface area contributed by atoms with Crippen molar-refractivity contribution in [3.8, 4) is 5.88 Å². The Kier molecular flexibility index (Phi) is 8.77. The minimum Gasteiger partial charge on any atom is -0.476 e. The van der Waals surface area contributed by atoms with Gasteiger partial charge in [0, 0.05) is 54.1 Å². The van der Waals surface area contributed by atoms with E-state index in [2.05, 4.69) is 105 Å². The first-order chi connectivity index (χ1) is 23.3. The van der Waals surface area contributed by atoms with Crippen LogP contribution in [0.4, 0.5) is 10.1 Å². The number of benzene rings is 3. The highest BCUT2D eigenvalue weighted by Crippen LogP contribution is 2.53. The molecule has 4 atom stereocenters. The van der Waals surface area contributed by atoms with Gasteiger partial charge >= 0.3 is 0 Å². The smallest absolute Gasteiger partial charge is 0.215 e. The fourth-order valence-electron chi connectivity index (χ4n) is 8.71. The molecular formula is C40H42BrClFN3O2. The molecule has 0 bridgehead atoms. The minimum absolute atomic E-state index is 0.237. The van der Waals surface area contributed by atoms with Crippen molar-refractivity contribution in [1.82, 2.24) is 9.88 Å². The standard InChI is InChI=1S/C40H42BrClFN3O2/c1-27-15-17-40(21-34-32(25-48-40)33(42)19-36(44-34)47-26-39-16-8-18-46(39)24-30(43)20-39)37-31(27)13-14-35(38(37)41)45(22-28-9-4-2-5-10-28)23-29-11-6-3-7-12-29/h2-7,9-14,19,27,30H,8,15-18,20-26H2,1H3/t27-,30+,39-,40-/m0/s1. The van der Waals surface area contributed by atoms with Crippen LogP contribution in [0.5, 0.6) is 5.88 Å². The molecule has 48 heavy (non-hydrogen) atoms. The van der Waals surface area contributed by atoms with Crippen molar-refractivity contribution in [2.45, 2.75) is 88.4 Å². The second-order valence-corrected chi connectivity index (χ2v) is 15.5. The quantitative estimate of drug-likeness (QED) is 0.181. The maximum Gasteiger partial charge on any atom is 0.215 e. The summed E-state index contributed by atoms with van der Waals surface area (Å²) in [6, 6.07) is 27.7. The summed E-state index contributed by atoms with van der Waals surface area (Å²) in [4.78, 5) is 9.81. The Balaban J connectivity index is 1.13. The Morgan fingerprint density at radius 3 is 2.50 bits per heavy atom. The van der Waals surface area contributed by atoms with Gasteiger partial charge in [-0.2, -0.15) is 0 Å². The predicted molar refractivity (Wildman–Crippen MR) is 193 cm³/mol. The van der Waals surface area contributed by atoms with Crippen molar-refractivity contribution < 1.29 is 13.9 Å². The van der Waals surface area contributed by atoms with E-state index in [9.17, 15) is 4.39 Å². The molecule has 0 amide bonds. The van der Waals surface area contributed by atoms with E-state index in [1.54, 1.807) is 0 Å². The highest BCUT2D eigenvalue weighted by molar-refractivity contribution is 9.10. The zero-order valence-corrected chi connectivity index (χ0v) is 29.8. The number of anilines is 1. The van der Waals surface area contributed by atoms with E-state index < -0.39 is 11.8 Å². The van der Waals surface area contributed by atoms with Crippen molar-refractivity contribution >= 4 is 33.2 Å². The Bertz CT molecular complexity index is 1750. The molecule has 2 fully saturated rings. The van der Waals surface area contributed by atoms with Gasteiger partial charge in [0.25, 0.3) is 0 Å². The Labute approximate surface area is 296 Å². The topological polar surface area (TPSA) is 37.8 Å². The van der Waals surface area contributed by atoms with Gasteiger partial charge in [-0.25, -0.2) is 9.37 Å². The summed E-state index contributed by atoms with van der Waals surface area (Å²) in [7, 11) is 0. The van der Waals surface area contributed by atoms with Crippen LogP contribution in [0, 0.1) is 0 Å². The van der Waals surface area contributed by atoms with Crippen LogP contribution in [0.1, 0.15) is 78.5 Å². The maximum absolute atomic E-state index is 14.4. The zero-order chi connectivity index (χ0) is 32.9. The molecule has 3 aromatic carbocycles. The molecule has 250 valence electrons. The molecule has 0 unspecified atom stereocenters. The summed E-state index contributed by atoms with van der Waals surface area (Å²) in [5, 5.41) is 0.620. The van der Waals surface area contributed by atoms with Crippen LogP contribution in [0.15, 0.2) is 83.3 Å². The van der Waals surface area contributed by atoms with Crippen molar-refractivity contribution in [2.75, 3.05) is 24.6 Å². The maximum atomic E-state index is 14.4. The minimum atomic E-state index is -0.792. The van der Waals surface area contributed by atoms with Gasteiger partial charge in [0.05, 0.1) is 28.5 Å². The Morgan fingerprint density at radius 1 is 1.04 bits per heavy atom. The van der Waals surface area contributed by atoms with Crippen LogP contribution >= 0.6 is 27.5 Å². The lowest BCUT2D eigenvalue weighted by atomic mass is 9.71. The molecule has 0 radical (unpaired) electrons. The van der Waals surface area contributed by atoms with E-state index in [-0.39, 0.29) is 5.54 Å². The predicted octanol–water partition coefficient (Wildman–Crippen LogP) is 9.52. The lowest BCUT2D eigenvalue weighted by Crippen LogP contribution is -2.43. The van der Waals surface area contributed by atoms with Gasteiger partial charge in [0.1, 0.15) is 18.4 Å². The molecule has 8 heteroatoms. The number of hydrogen-bond donors (Lipinski definition) is 0. The molecule has 8 rings (SSSR count). The molecular weight excluding hydrogens is 689 g/mol. The third-order valence-electron chi connectivity index (χ3n) is 11.2. The van der Waals surface area contributed by atoms with E-state index in [0.717, 1.165) is 66.7 Å². The first-order valence-electron chi connectivity index (χ1n) is 17.3. The van der Waals surface area contributed by atoms with E-state index in [1.165, 1.54) is 22.3 Å². The fraction of sp³-hybridized carbons (Fsp3) is 0.425. The molecule has 3 aliphatic heterocycles. The van der Waals surface area contributed by atoms with Crippen molar-refractivity contribution in [2.24, 2.45) is 0 Å². The molecule has 0 N–H and O–H groups in total. The number of pyridine rings is 1. The number of alkyl halides is 1. The number of hydrogen-bond acceptors (Lipinski definition) is 5. The van der Waals surface area contributed by atoms with E-state index >= 15 is 0 Å². The molecule has 1 aliphatic carbocycles. The Morgan fingerprint density at radius 2 is 1.77 bits per heavy atom. The lowest BCUT2D eigenvalue weighted by molar-refractivity contribution is -0.0876. The first kappa shape index (κ1) is 32.2. The summed E-state index contributed by atoms with van der Waals surface area (Å²) in [5.74, 6) is 0.927. The van der Waals surface area contributed by atoms with Crippen molar-refractivity contribution in [3.05, 3.63) is 122 Å². The Hall–Kier alpha value is -2.97. The van der Waals surface area contributed by atoms with Crippen LogP contribution in [-0.4, -0.2) is 41.3 Å².